The summed E-state index contributed by atoms with van der Waals surface area (Å²) in [6.07, 6.45) is 5.39. The third-order valence-electron chi connectivity index (χ3n) is 6.05. The first-order chi connectivity index (χ1) is 17.6. The molecular weight excluding hydrogens is 457 g/mol. The molecule has 0 aliphatic rings. The monoisotopic (exact) mass is 479 g/mol. The molecule has 178 valence electrons. The van der Waals surface area contributed by atoms with E-state index in [0.29, 0.717) is 28.2 Å². The van der Waals surface area contributed by atoms with E-state index in [1.165, 1.54) is 12.1 Å². The SMILES string of the molecule is CCNCc1cncc(-c2cc3c(-c4nc5c(-c6cc(O)cc(F)c6)cccc5[nH]4)n[nH]c3cn2)c1. The molecule has 0 amide bonds. The number of pyridine rings is 2. The summed E-state index contributed by atoms with van der Waals surface area (Å²) < 4.78 is 14.0. The standard InChI is InChI=1S/C27H22FN7O/c1-2-29-11-15-6-17(13-30-12-15)23-10-21-24(14-31-23)34-35-26(21)27-32-22-5-3-4-20(25(22)33-27)16-7-18(28)9-19(36)8-16/h3-10,12-14,29,36H,2,11H2,1H3,(H,32,33)(H,34,35). The van der Waals surface area contributed by atoms with Gasteiger partial charge in [-0.2, -0.15) is 5.10 Å². The Kier molecular flexibility index (Phi) is 5.38. The maximum absolute atomic E-state index is 14.0. The highest BCUT2D eigenvalue weighted by Crippen LogP contribution is 2.33. The molecule has 8 nitrogen and oxygen atoms in total. The fraction of sp³-hybridized carbons (Fsp3) is 0.111. The van der Waals surface area contributed by atoms with Crippen LogP contribution in [0.25, 0.3) is 55.8 Å². The second-order valence-electron chi connectivity index (χ2n) is 8.53. The first-order valence-electron chi connectivity index (χ1n) is 11.6. The van der Waals surface area contributed by atoms with E-state index in [4.69, 9.17) is 4.98 Å². The number of imidazole rings is 1. The average Bonchev–Trinajstić information content (AvgIpc) is 3.50. The van der Waals surface area contributed by atoms with E-state index in [0.717, 1.165) is 52.4 Å². The first kappa shape index (κ1) is 21.9. The number of benzene rings is 2. The normalized spacial score (nSPS) is 11.5. The highest BCUT2D eigenvalue weighted by atomic mass is 19.1. The highest BCUT2D eigenvalue weighted by Gasteiger charge is 2.17. The summed E-state index contributed by atoms with van der Waals surface area (Å²) in [6.45, 7) is 3.68. The lowest BCUT2D eigenvalue weighted by Gasteiger charge is -2.05. The predicted octanol–water partition coefficient (Wildman–Crippen LogP) is 5.18. The molecule has 0 unspecified atom stereocenters. The number of halogens is 1. The number of phenols is 1. The van der Waals surface area contributed by atoms with Crippen LogP contribution in [0.4, 0.5) is 4.39 Å². The van der Waals surface area contributed by atoms with Crippen molar-refractivity contribution >= 4 is 21.9 Å². The fourth-order valence-corrected chi connectivity index (χ4v) is 4.36. The minimum atomic E-state index is -0.514. The van der Waals surface area contributed by atoms with Crippen molar-refractivity contribution in [2.75, 3.05) is 6.54 Å². The number of phenolic OH excluding ortho intramolecular Hbond substituents is 1. The van der Waals surface area contributed by atoms with E-state index in [-0.39, 0.29) is 5.75 Å². The number of aromatic hydroxyl groups is 1. The zero-order chi connectivity index (χ0) is 24.6. The summed E-state index contributed by atoms with van der Waals surface area (Å²) in [7, 11) is 0. The van der Waals surface area contributed by atoms with Crippen LogP contribution in [0, 0.1) is 5.82 Å². The van der Waals surface area contributed by atoms with Gasteiger partial charge in [-0.05, 0) is 48.0 Å². The van der Waals surface area contributed by atoms with Crippen LogP contribution in [0.3, 0.4) is 0 Å². The van der Waals surface area contributed by atoms with Crippen LogP contribution in [0.5, 0.6) is 5.75 Å². The topological polar surface area (TPSA) is 115 Å². The Morgan fingerprint density at radius 3 is 2.78 bits per heavy atom. The number of nitrogens with zero attached hydrogens (tertiary/aromatic N) is 4. The molecule has 6 aromatic rings. The lowest BCUT2D eigenvalue weighted by Crippen LogP contribution is -2.11. The third kappa shape index (κ3) is 3.95. The van der Waals surface area contributed by atoms with Gasteiger partial charge in [-0.25, -0.2) is 9.37 Å². The van der Waals surface area contributed by atoms with Gasteiger partial charge in [-0.15, -0.1) is 0 Å². The van der Waals surface area contributed by atoms with Crippen molar-refractivity contribution in [1.29, 1.82) is 0 Å². The van der Waals surface area contributed by atoms with E-state index in [1.54, 1.807) is 12.4 Å². The average molecular weight is 480 g/mol. The van der Waals surface area contributed by atoms with E-state index in [1.807, 2.05) is 30.5 Å². The van der Waals surface area contributed by atoms with Crippen molar-refractivity contribution in [1.82, 2.24) is 35.5 Å². The predicted molar refractivity (Wildman–Crippen MR) is 137 cm³/mol. The molecule has 0 aliphatic carbocycles. The number of fused-ring (bicyclic) bond motifs is 2. The van der Waals surface area contributed by atoms with Crippen molar-refractivity contribution in [3.63, 3.8) is 0 Å². The van der Waals surface area contributed by atoms with Gasteiger partial charge in [0.2, 0.25) is 0 Å². The summed E-state index contributed by atoms with van der Waals surface area (Å²) >= 11 is 0. The number of aromatic nitrogens is 6. The first-order valence-corrected chi connectivity index (χ1v) is 11.6. The Labute approximate surface area is 205 Å². The van der Waals surface area contributed by atoms with E-state index in [9.17, 15) is 9.50 Å². The van der Waals surface area contributed by atoms with Crippen molar-refractivity contribution in [3.05, 3.63) is 78.5 Å². The maximum Gasteiger partial charge on any atom is 0.159 e. The Balaban J connectivity index is 1.44. The van der Waals surface area contributed by atoms with E-state index >= 15 is 0 Å². The number of para-hydroxylation sites is 1. The summed E-state index contributed by atoms with van der Waals surface area (Å²) in [5.41, 5.74) is 6.88. The van der Waals surface area contributed by atoms with Crippen LogP contribution in [0.15, 0.2) is 67.1 Å². The smallest absolute Gasteiger partial charge is 0.159 e. The van der Waals surface area contributed by atoms with Crippen LogP contribution in [0.1, 0.15) is 12.5 Å². The van der Waals surface area contributed by atoms with Crippen LogP contribution in [0.2, 0.25) is 0 Å². The van der Waals surface area contributed by atoms with Crippen LogP contribution >= 0.6 is 0 Å². The molecule has 0 aliphatic heterocycles. The number of aromatic amines is 2. The van der Waals surface area contributed by atoms with Gasteiger partial charge >= 0.3 is 0 Å². The Hall–Kier alpha value is -4.63. The largest absolute Gasteiger partial charge is 0.508 e. The second kappa shape index (κ2) is 8.86. The minimum Gasteiger partial charge on any atom is -0.508 e. The van der Waals surface area contributed by atoms with E-state index in [2.05, 4.69) is 43.5 Å². The molecule has 0 atom stereocenters. The van der Waals surface area contributed by atoms with Gasteiger partial charge in [0, 0.05) is 41.5 Å². The Bertz CT molecular complexity index is 1700. The molecule has 0 saturated heterocycles. The molecule has 0 radical (unpaired) electrons. The number of hydrogen-bond acceptors (Lipinski definition) is 6. The summed E-state index contributed by atoms with van der Waals surface area (Å²) in [5, 5.41) is 21.6. The summed E-state index contributed by atoms with van der Waals surface area (Å²) in [5.74, 6) is -0.0826. The number of H-pyrrole nitrogens is 2. The van der Waals surface area contributed by atoms with Crippen molar-refractivity contribution in [2.45, 2.75) is 13.5 Å². The summed E-state index contributed by atoms with van der Waals surface area (Å²) in [6, 6.07) is 13.6. The fourth-order valence-electron chi connectivity index (χ4n) is 4.36. The molecule has 4 aromatic heterocycles. The molecular formula is C27H22FN7O. The van der Waals surface area contributed by atoms with Gasteiger partial charge in [-0.1, -0.05) is 19.1 Å². The lowest BCUT2D eigenvalue weighted by atomic mass is 10.0. The highest BCUT2D eigenvalue weighted by molar-refractivity contribution is 5.97. The van der Waals surface area contributed by atoms with Gasteiger partial charge in [0.25, 0.3) is 0 Å². The van der Waals surface area contributed by atoms with Crippen LogP contribution in [-0.4, -0.2) is 41.8 Å². The Morgan fingerprint density at radius 1 is 1.00 bits per heavy atom. The molecule has 2 aromatic carbocycles. The number of rotatable bonds is 6. The molecule has 4 heterocycles. The minimum absolute atomic E-state index is 0.139. The molecule has 0 saturated carbocycles. The second-order valence-corrected chi connectivity index (χ2v) is 8.53. The van der Waals surface area contributed by atoms with Crippen LogP contribution < -0.4 is 5.32 Å². The molecule has 4 N–H and O–H groups in total. The zero-order valence-corrected chi connectivity index (χ0v) is 19.4. The van der Waals surface area contributed by atoms with Crippen LogP contribution in [-0.2, 0) is 6.54 Å². The molecule has 9 heteroatoms. The van der Waals surface area contributed by atoms with E-state index < -0.39 is 5.82 Å². The van der Waals surface area contributed by atoms with Gasteiger partial charge in [-0.3, -0.25) is 15.1 Å². The molecule has 0 bridgehead atoms. The molecule has 0 fully saturated rings. The number of nitrogens with one attached hydrogen (secondary N) is 3. The Morgan fingerprint density at radius 2 is 1.92 bits per heavy atom. The molecule has 0 spiro atoms. The van der Waals surface area contributed by atoms with Gasteiger partial charge in [0.05, 0.1) is 28.4 Å². The summed E-state index contributed by atoms with van der Waals surface area (Å²) in [4.78, 5) is 17.1. The van der Waals surface area contributed by atoms with Crippen molar-refractivity contribution in [3.8, 4) is 39.7 Å². The zero-order valence-electron chi connectivity index (χ0n) is 19.4. The van der Waals surface area contributed by atoms with Crippen molar-refractivity contribution < 1.29 is 9.50 Å². The molecule has 36 heavy (non-hydrogen) atoms. The van der Waals surface area contributed by atoms with Gasteiger partial charge < -0.3 is 15.4 Å². The van der Waals surface area contributed by atoms with Gasteiger partial charge in [0.15, 0.2) is 5.82 Å². The van der Waals surface area contributed by atoms with Crippen molar-refractivity contribution in [2.24, 2.45) is 0 Å². The third-order valence-corrected chi connectivity index (χ3v) is 6.05. The quantitative estimate of drug-likeness (QED) is 0.262. The number of hydrogen-bond donors (Lipinski definition) is 4. The lowest BCUT2D eigenvalue weighted by molar-refractivity contribution is 0.469. The molecule has 6 rings (SSSR count). The van der Waals surface area contributed by atoms with Gasteiger partial charge in [0.1, 0.15) is 17.3 Å². The maximum atomic E-state index is 14.0.